The van der Waals surface area contributed by atoms with Gasteiger partial charge in [0, 0.05) is 54.3 Å². The van der Waals surface area contributed by atoms with Crippen molar-refractivity contribution in [2.24, 2.45) is 10.8 Å². The summed E-state index contributed by atoms with van der Waals surface area (Å²) in [5, 5.41) is 19.0. The molecule has 6 aromatic rings. The molecule has 0 atom stereocenters. The second-order valence-corrected chi connectivity index (χ2v) is 14.3. The number of hydrogen-bond donors (Lipinski definition) is 1. The minimum atomic E-state index is -0.417. The summed E-state index contributed by atoms with van der Waals surface area (Å²) >= 11 is 0. The summed E-state index contributed by atoms with van der Waals surface area (Å²) in [6, 6.07) is 29.5. The zero-order chi connectivity index (χ0) is 32.3. The number of pyridine rings is 1. The standard InChI is InChI=1S/C30H20NO.C11H20O2.Ir/c1-17(2)19-8-7-18-9-10-22-23-11-12-31-30-26-14-20-5-3-4-6-21(20)15-27(26)32-28(29(23)30)16-25(22)24(18)13-19;1-10(2,3)8(12)7-9(13)11(4,5)6;/h3-13,15-17H,1-2H3;7,12H,1-6H3;/q-1;;/b;8-7-;. The SMILES string of the molecule is CC(C)(C)C(=O)/C=C(\O)C(C)(C)C.CC(C)c1ccc2ccc3c4ccnc5c4c(cc3c2c1)Oc1cc2ccccc2[c-]c1-5.[Ir]. The number of hydrogen-bond acceptors (Lipinski definition) is 4. The smallest absolute Gasteiger partial charge is 0.164 e. The molecule has 1 aliphatic heterocycles. The molecule has 46 heavy (non-hydrogen) atoms. The van der Waals surface area contributed by atoms with Crippen molar-refractivity contribution in [2.45, 2.75) is 61.3 Å². The van der Waals surface area contributed by atoms with Crippen LogP contribution in [0.2, 0.25) is 0 Å². The maximum absolute atomic E-state index is 11.5. The van der Waals surface area contributed by atoms with Crippen molar-refractivity contribution in [2.75, 3.05) is 0 Å². The number of fused-ring (bicyclic) bond motifs is 7. The molecule has 7 rings (SSSR count). The Hall–Kier alpha value is -4.05. The van der Waals surface area contributed by atoms with Gasteiger partial charge in [0.25, 0.3) is 0 Å². The average Bonchev–Trinajstić information content (AvgIpc) is 2.99. The van der Waals surface area contributed by atoms with Crippen LogP contribution in [0.1, 0.15) is 66.9 Å². The van der Waals surface area contributed by atoms with Crippen molar-refractivity contribution in [3.63, 3.8) is 0 Å². The van der Waals surface area contributed by atoms with Crippen molar-refractivity contribution < 1.29 is 34.7 Å². The van der Waals surface area contributed by atoms with Gasteiger partial charge >= 0.3 is 0 Å². The molecule has 0 amide bonds. The summed E-state index contributed by atoms with van der Waals surface area (Å²) in [4.78, 5) is 16.3. The summed E-state index contributed by atoms with van der Waals surface area (Å²) in [6.07, 6.45) is 3.24. The molecule has 237 valence electrons. The topological polar surface area (TPSA) is 59.4 Å². The molecule has 1 N–H and O–H groups in total. The first-order chi connectivity index (χ1) is 21.2. The van der Waals surface area contributed by atoms with Crippen LogP contribution in [0.3, 0.4) is 0 Å². The van der Waals surface area contributed by atoms with Gasteiger partial charge < -0.3 is 9.84 Å². The molecule has 0 saturated carbocycles. The first kappa shape index (κ1) is 33.3. The Balaban J connectivity index is 0.000000256. The molecule has 4 nitrogen and oxygen atoms in total. The summed E-state index contributed by atoms with van der Waals surface area (Å²) in [5.74, 6) is 2.27. The number of carbonyl (C=O) groups excluding carboxylic acids is 1. The fourth-order valence-electron chi connectivity index (χ4n) is 5.60. The quantitative estimate of drug-likeness (QED) is 0.0821. The predicted octanol–water partition coefficient (Wildman–Crippen LogP) is 11.5. The Labute approximate surface area is 284 Å². The third-order valence-electron chi connectivity index (χ3n) is 8.50. The first-order valence-electron chi connectivity index (χ1n) is 15.6. The van der Waals surface area contributed by atoms with E-state index in [1.54, 1.807) is 0 Å². The van der Waals surface area contributed by atoms with Gasteiger partial charge in [-0.2, -0.15) is 0 Å². The van der Waals surface area contributed by atoms with Gasteiger partial charge in [0.2, 0.25) is 0 Å². The van der Waals surface area contributed by atoms with Crippen molar-refractivity contribution in [1.82, 2.24) is 4.98 Å². The number of carbonyl (C=O) groups is 1. The van der Waals surface area contributed by atoms with Gasteiger partial charge in [0.1, 0.15) is 11.5 Å². The third kappa shape index (κ3) is 6.19. The molecule has 0 unspecified atom stereocenters. The molecule has 0 bridgehead atoms. The summed E-state index contributed by atoms with van der Waals surface area (Å²) in [6.45, 7) is 15.6. The Morgan fingerprint density at radius 3 is 2.22 bits per heavy atom. The molecule has 0 aliphatic carbocycles. The normalized spacial score (nSPS) is 12.8. The maximum Gasteiger partial charge on any atom is 0.164 e. The van der Waals surface area contributed by atoms with E-state index in [4.69, 9.17) is 9.72 Å². The molecular weight excluding hydrogens is 747 g/mol. The monoisotopic (exact) mass is 787 g/mol. The van der Waals surface area contributed by atoms with Crippen LogP contribution in [0.15, 0.2) is 90.8 Å². The Bertz CT molecular complexity index is 2160. The van der Waals surface area contributed by atoms with Gasteiger partial charge in [0.15, 0.2) is 5.78 Å². The molecule has 0 spiro atoms. The van der Waals surface area contributed by atoms with Crippen LogP contribution in [-0.2, 0) is 24.9 Å². The molecule has 0 fully saturated rings. The summed E-state index contributed by atoms with van der Waals surface area (Å²) < 4.78 is 6.52. The Kier molecular flexibility index (Phi) is 8.89. The van der Waals surface area contributed by atoms with E-state index in [0.717, 1.165) is 38.9 Å². The number of ether oxygens (including phenoxy) is 1. The van der Waals surface area contributed by atoms with Crippen molar-refractivity contribution in [3.8, 4) is 22.8 Å². The van der Waals surface area contributed by atoms with E-state index in [-0.39, 0.29) is 37.1 Å². The number of allylic oxidation sites excluding steroid dienone is 2. The summed E-state index contributed by atoms with van der Waals surface area (Å²) in [7, 11) is 0. The van der Waals surface area contributed by atoms with Gasteiger partial charge in [-0.1, -0.05) is 121 Å². The number of aliphatic hydroxyl groups excluding tert-OH is 1. The van der Waals surface area contributed by atoms with E-state index in [1.807, 2.05) is 59.9 Å². The van der Waals surface area contributed by atoms with Crippen LogP contribution in [-0.4, -0.2) is 15.9 Å². The van der Waals surface area contributed by atoms with Gasteiger partial charge in [-0.3, -0.25) is 9.78 Å². The van der Waals surface area contributed by atoms with Gasteiger partial charge in [-0.05, 0) is 50.5 Å². The van der Waals surface area contributed by atoms with Crippen LogP contribution >= 0.6 is 0 Å². The molecular formula is C41H40IrNO3-. The Morgan fingerprint density at radius 1 is 0.804 bits per heavy atom. The second-order valence-electron chi connectivity index (χ2n) is 14.3. The predicted molar refractivity (Wildman–Crippen MR) is 187 cm³/mol. The van der Waals surface area contributed by atoms with Crippen LogP contribution in [0.25, 0.3) is 54.3 Å². The van der Waals surface area contributed by atoms with Crippen LogP contribution in [0.4, 0.5) is 0 Å². The molecule has 0 saturated heterocycles. The van der Waals surface area contributed by atoms with Gasteiger partial charge in [-0.15, -0.1) is 17.5 Å². The molecule has 1 aromatic heterocycles. The van der Waals surface area contributed by atoms with Crippen LogP contribution in [0, 0.1) is 16.9 Å². The number of aliphatic hydroxyl groups is 1. The number of nitrogens with zero attached hydrogens (tertiary/aromatic N) is 1. The number of aromatic nitrogens is 1. The molecule has 1 aliphatic rings. The van der Waals surface area contributed by atoms with Crippen molar-refractivity contribution >= 4 is 48.9 Å². The third-order valence-corrected chi connectivity index (χ3v) is 8.50. The van der Waals surface area contributed by atoms with Crippen molar-refractivity contribution in [1.29, 1.82) is 0 Å². The van der Waals surface area contributed by atoms with E-state index in [1.165, 1.54) is 38.6 Å². The fourth-order valence-corrected chi connectivity index (χ4v) is 5.60. The van der Waals surface area contributed by atoms with E-state index in [0.29, 0.717) is 5.92 Å². The largest absolute Gasteiger partial charge is 0.512 e. The van der Waals surface area contributed by atoms with Crippen LogP contribution in [0.5, 0.6) is 11.5 Å². The average molecular weight is 787 g/mol. The van der Waals surface area contributed by atoms with E-state index in [9.17, 15) is 9.90 Å². The zero-order valence-electron chi connectivity index (χ0n) is 27.7. The number of benzene rings is 5. The molecule has 1 radical (unpaired) electrons. The first-order valence-corrected chi connectivity index (χ1v) is 15.6. The van der Waals surface area contributed by atoms with E-state index < -0.39 is 5.41 Å². The van der Waals surface area contributed by atoms with Gasteiger partial charge in [-0.25, -0.2) is 0 Å². The van der Waals surface area contributed by atoms with Gasteiger partial charge in [0.05, 0.1) is 5.75 Å². The minimum Gasteiger partial charge on any atom is -0.512 e. The minimum absolute atomic E-state index is 0. The van der Waals surface area contributed by atoms with Crippen molar-refractivity contribution in [3.05, 3.63) is 102 Å². The zero-order valence-corrected chi connectivity index (χ0v) is 30.1. The number of rotatable bonds is 2. The fraction of sp³-hybridized carbons (Fsp3) is 0.268. The molecule has 5 aromatic carbocycles. The number of ketones is 1. The molecule has 2 heterocycles. The van der Waals surface area contributed by atoms with Crippen LogP contribution < -0.4 is 4.74 Å². The Morgan fingerprint density at radius 2 is 1.52 bits per heavy atom. The second kappa shape index (κ2) is 12.3. The van der Waals surface area contributed by atoms with E-state index >= 15 is 0 Å². The van der Waals surface area contributed by atoms with E-state index in [2.05, 4.69) is 80.6 Å². The summed E-state index contributed by atoms with van der Waals surface area (Å²) in [5.41, 5.74) is 2.47. The molecule has 5 heteroatoms. The maximum atomic E-state index is 11.5.